The summed E-state index contributed by atoms with van der Waals surface area (Å²) in [4.78, 5) is 43.6. The van der Waals surface area contributed by atoms with Crippen molar-refractivity contribution in [1.82, 2.24) is 14.5 Å². The second kappa shape index (κ2) is 9.72. The number of hydrogen-bond acceptors (Lipinski definition) is 5. The van der Waals surface area contributed by atoms with Gasteiger partial charge in [0.15, 0.2) is 11.5 Å². The van der Waals surface area contributed by atoms with Crippen molar-refractivity contribution in [1.29, 1.82) is 0 Å². The van der Waals surface area contributed by atoms with Gasteiger partial charge >= 0.3 is 5.69 Å². The largest absolute Gasteiger partial charge is 0.454 e. The number of rotatable bonds is 7. The van der Waals surface area contributed by atoms with Crippen LogP contribution in [0.5, 0.6) is 11.5 Å². The number of ether oxygens (including phenoxy) is 2. The number of amides is 1. The van der Waals surface area contributed by atoms with E-state index in [9.17, 15) is 14.4 Å². The van der Waals surface area contributed by atoms with Crippen LogP contribution >= 0.6 is 0 Å². The lowest BCUT2D eigenvalue weighted by atomic mass is 10.1. The molecule has 1 aliphatic rings. The topological polar surface area (TPSA) is 93.6 Å². The lowest BCUT2D eigenvalue weighted by Crippen LogP contribution is -2.42. The molecule has 0 atom stereocenters. The van der Waals surface area contributed by atoms with Crippen molar-refractivity contribution in [2.75, 3.05) is 6.79 Å². The van der Waals surface area contributed by atoms with Crippen molar-refractivity contribution in [3.05, 3.63) is 128 Å². The lowest BCUT2D eigenvalue weighted by Gasteiger charge is -2.23. The van der Waals surface area contributed by atoms with Crippen molar-refractivity contribution >= 4 is 5.91 Å². The summed E-state index contributed by atoms with van der Waals surface area (Å²) in [5.74, 6) is 0.700. The van der Waals surface area contributed by atoms with Gasteiger partial charge < -0.3 is 19.4 Å². The van der Waals surface area contributed by atoms with Gasteiger partial charge in [-0.05, 0) is 28.8 Å². The SMILES string of the molecule is O=C(c1c[nH]c(=O)n(Cc2ccc3c(c2)OCO3)c1=O)N(Cc1ccccc1)Cc1ccccc1. The van der Waals surface area contributed by atoms with E-state index in [1.807, 2.05) is 60.7 Å². The fourth-order valence-electron chi connectivity index (χ4n) is 4.01. The molecular formula is C27H23N3O5. The third-order valence-corrected chi connectivity index (χ3v) is 5.79. The zero-order chi connectivity index (χ0) is 24.2. The number of H-pyrrole nitrogens is 1. The standard InChI is InChI=1S/C27H23N3O5/c31-25(29(15-19-7-3-1-4-8-19)16-20-9-5-2-6-10-20)22-14-28-27(33)30(26(22)32)17-21-11-12-23-24(13-21)35-18-34-23/h1-14H,15-18H2,(H,28,33). The minimum atomic E-state index is -0.650. The van der Waals surface area contributed by atoms with Gasteiger partial charge in [0.05, 0.1) is 6.54 Å². The molecule has 176 valence electrons. The van der Waals surface area contributed by atoms with E-state index in [0.29, 0.717) is 30.2 Å². The van der Waals surface area contributed by atoms with Crippen molar-refractivity contribution in [2.45, 2.75) is 19.6 Å². The number of carbonyl (C=O) groups is 1. The van der Waals surface area contributed by atoms with Gasteiger partial charge in [-0.3, -0.25) is 14.2 Å². The zero-order valence-corrected chi connectivity index (χ0v) is 18.8. The summed E-state index contributed by atoms with van der Waals surface area (Å²) < 4.78 is 11.7. The monoisotopic (exact) mass is 469 g/mol. The van der Waals surface area contributed by atoms with E-state index in [0.717, 1.165) is 15.7 Å². The molecule has 2 heterocycles. The van der Waals surface area contributed by atoms with E-state index >= 15 is 0 Å². The van der Waals surface area contributed by atoms with Crippen LogP contribution in [0.4, 0.5) is 0 Å². The number of nitrogens with one attached hydrogen (secondary N) is 1. The predicted molar refractivity (Wildman–Crippen MR) is 129 cm³/mol. The van der Waals surface area contributed by atoms with Crippen LogP contribution in [0.25, 0.3) is 0 Å². The van der Waals surface area contributed by atoms with Crippen LogP contribution in [0.3, 0.4) is 0 Å². The van der Waals surface area contributed by atoms with Crippen LogP contribution in [0.1, 0.15) is 27.0 Å². The summed E-state index contributed by atoms with van der Waals surface area (Å²) in [6.45, 7) is 0.746. The molecule has 1 aliphatic heterocycles. The van der Waals surface area contributed by atoms with Gasteiger partial charge in [0.1, 0.15) is 5.56 Å². The number of fused-ring (bicyclic) bond motifs is 1. The highest BCUT2D eigenvalue weighted by Crippen LogP contribution is 2.32. The maximum Gasteiger partial charge on any atom is 0.328 e. The molecule has 4 aromatic rings. The Morgan fingerprint density at radius 2 is 1.46 bits per heavy atom. The molecule has 35 heavy (non-hydrogen) atoms. The summed E-state index contributed by atoms with van der Waals surface area (Å²) in [6, 6.07) is 24.3. The van der Waals surface area contributed by atoms with Gasteiger partial charge in [-0.15, -0.1) is 0 Å². The van der Waals surface area contributed by atoms with Crippen molar-refractivity contribution < 1.29 is 14.3 Å². The summed E-state index contributed by atoms with van der Waals surface area (Å²) in [5.41, 5.74) is 1.20. The van der Waals surface area contributed by atoms with Crippen LogP contribution in [0, 0.1) is 0 Å². The van der Waals surface area contributed by atoms with Crippen molar-refractivity contribution in [2.24, 2.45) is 0 Å². The highest BCUT2D eigenvalue weighted by Gasteiger charge is 2.22. The van der Waals surface area contributed by atoms with Crippen LogP contribution in [0.15, 0.2) is 94.6 Å². The summed E-state index contributed by atoms with van der Waals surface area (Å²) in [6.07, 6.45) is 1.20. The van der Waals surface area contributed by atoms with Gasteiger partial charge in [-0.1, -0.05) is 66.7 Å². The molecule has 0 spiro atoms. The molecule has 0 saturated carbocycles. The van der Waals surface area contributed by atoms with Crippen LogP contribution < -0.4 is 20.7 Å². The van der Waals surface area contributed by atoms with Gasteiger partial charge in [-0.25, -0.2) is 4.79 Å². The number of benzene rings is 3. The number of nitrogens with zero attached hydrogens (tertiary/aromatic N) is 2. The average Bonchev–Trinajstić information content (AvgIpc) is 3.35. The molecule has 0 bridgehead atoms. The molecule has 0 fully saturated rings. The number of hydrogen-bond donors (Lipinski definition) is 1. The van der Waals surface area contributed by atoms with E-state index in [1.54, 1.807) is 23.1 Å². The first kappa shape index (κ1) is 22.2. The van der Waals surface area contributed by atoms with Crippen molar-refractivity contribution in [3.8, 4) is 11.5 Å². The Morgan fingerprint density at radius 3 is 2.11 bits per heavy atom. The Balaban J connectivity index is 1.47. The summed E-state index contributed by atoms with van der Waals surface area (Å²) in [7, 11) is 0. The molecule has 8 nitrogen and oxygen atoms in total. The number of carbonyl (C=O) groups excluding carboxylic acids is 1. The van der Waals surface area contributed by atoms with Gasteiger partial charge in [0.25, 0.3) is 11.5 Å². The Kier molecular flexibility index (Phi) is 6.17. The molecule has 0 saturated heterocycles. The van der Waals surface area contributed by atoms with E-state index in [2.05, 4.69) is 4.98 Å². The average molecular weight is 469 g/mol. The zero-order valence-electron chi connectivity index (χ0n) is 18.8. The van der Waals surface area contributed by atoms with E-state index in [-0.39, 0.29) is 18.9 Å². The van der Waals surface area contributed by atoms with E-state index in [1.165, 1.54) is 6.20 Å². The van der Waals surface area contributed by atoms with Crippen LogP contribution in [-0.2, 0) is 19.6 Å². The van der Waals surface area contributed by atoms with Gasteiger partial charge in [0.2, 0.25) is 6.79 Å². The van der Waals surface area contributed by atoms with Crippen LogP contribution in [-0.4, -0.2) is 27.2 Å². The molecule has 5 rings (SSSR count). The fraction of sp³-hybridized carbons (Fsp3) is 0.148. The second-order valence-electron chi connectivity index (χ2n) is 8.22. The highest BCUT2D eigenvalue weighted by atomic mass is 16.7. The van der Waals surface area contributed by atoms with Crippen molar-refractivity contribution in [3.63, 3.8) is 0 Å². The minimum Gasteiger partial charge on any atom is -0.454 e. The molecule has 0 radical (unpaired) electrons. The Hall–Kier alpha value is -4.59. The molecule has 1 N–H and O–H groups in total. The smallest absolute Gasteiger partial charge is 0.328 e. The molecule has 3 aromatic carbocycles. The molecule has 8 heteroatoms. The lowest BCUT2D eigenvalue weighted by molar-refractivity contribution is 0.0726. The molecule has 1 aromatic heterocycles. The van der Waals surface area contributed by atoms with Gasteiger partial charge in [0, 0.05) is 19.3 Å². The number of aromatic amines is 1. The Bertz CT molecular complexity index is 1420. The molecular weight excluding hydrogens is 446 g/mol. The first-order valence-electron chi connectivity index (χ1n) is 11.2. The minimum absolute atomic E-state index is 0.0106. The molecule has 0 unspecified atom stereocenters. The first-order chi connectivity index (χ1) is 17.1. The maximum absolute atomic E-state index is 13.6. The van der Waals surface area contributed by atoms with E-state index < -0.39 is 17.2 Å². The third-order valence-electron chi connectivity index (χ3n) is 5.79. The highest BCUT2D eigenvalue weighted by molar-refractivity contribution is 5.93. The summed E-state index contributed by atoms with van der Waals surface area (Å²) >= 11 is 0. The quantitative estimate of drug-likeness (QED) is 0.449. The first-order valence-corrected chi connectivity index (χ1v) is 11.2. The normalized spacial score (nSPS) is 11.9. The summed E-state index contributed by atoms with van der Waals surface area (Å²) in [5, 5.41) is 0. The molecule has 1 amide bonds. The third kappa shape index (κ3) is 4.86. The Labute approximate surface area is 201 Å². The predicted octanol–water partition coefficient (Wildman–Crippen LogP) is 3.16. The Morgan fingerprint density at radius 1 is 0.829 bits per heavy atom. The fourth-order valence-corrected chi connectivity index (χ4v) is 4.01. The van der Waals surface area contributed by atoms with E-state index in [4.69, 9.17) is 9.47 Å². The van der Waals surface area contributed by atoms with Gasteiger partial charge in [-0.2, -0.15) is 0 Å². The maximum atomic E-state index is 13.6. The van der Waals surface area contributed by atoms with Crippen LogP contribution in [0.2, 0.25) is 0 Å². The molecule has 0 aliphatic carbocycles. The number of aromatic nitrogens is 2. The second-order valence-corrected chi connectivity index (χ2v) is 8.22.